The van der Waals surface area contributed by atoms with Crippen molar-refractivity contribution in [3.05, 3.63) is 69.4 Å². The van der Waals surface area contributed by atoms with Crippen LogP contribution in [-0.4, -0.2) is 53.8 Å². The van der Waals surface area contributed by atoms with Crippen LogP contribution in [0.4, 0.5) is 5.69 Å². The summed E-state index contributed by atoms with van der Waals surface area (Å²) in [6.45, 7) is 5.99. The Kier molecular flexibility index (Phi) is 6.18. The summed E-state index contributed by atoms with van der Waals surface area (Å²) in [7, 11) is 1.46. The number of ether oxygens (including phenoxy) is 1. The zero-order valence-corrected chi connectivity index (χ0v) is 17.3. The van der Waals surface area contributed by atoms with Crippen LogP contribution in [0.25, 0.3) is 10.9 Å². The lowest BCUT2D eigenvalue weighted by molar-refractivity contribution is 0.238. The smallest absolute Gasteiger partial charge is 0.328 e. The number of hydrogen-bond donors (Lipinski definition) is 1. The van der Waals surface area contributed by atoms with E-state index in [1.807, 2.05) is 0 Å². The van der Waals surface area contributed by atoms with Gasteiger partial charge in [0.25, 0.3) is 5.56 Å². The average Bonchev–Trinajstić information content (AvgIpc) is 2.78. The molecule has 30 heavy (non-hydrogen) atoms. The second-order valence-electron chi connectivity index (χ2n) is 7.72. The molecule has 0 radical (unpaired) electrons. The van der Waals surface area contributed by atoms with Gasteiger partial charge in [0.05, 0.1) is 17.5 Å². The van der Waals surface area contributed by atoms with E-state index in [0.29, 0.717) is 23.3 Å². The predicted octanol–water partition coefficient (Wildman–Crippen LogP) is 2.21. The molecule has 7 heteroatoms. The minimum Gasteiger partial charge on any atom is -0.494 e. The Bertz CT molecular complexity index is 1100. The Hall–Kier alpha value is -3.06. The zero-order valence-electron chi connectivity index (χ0n) is 17.3. The number of fused-ring (bicyclic) bond motifs is 1. The van der Waals surface area contributed by atoms with Crippen LogP contribution in [0, 0.1) is 0 Å². The van der Waals surface area contributed by atoms with E-state index in [-0.39, 0.29) is 5.56 Å². The molecule has 1 N–H and O–H groups in total. The Morgan fingerprint density at radius 1 is 0.967 bits per heavy atom. The zero-order chi connectivity index (χ0) is 20.9. The lowest BCUT2D eigenvalue weighted by atomic mass is 10.2. The monoisotopic (exact) mass is 408 g/mol. The number of unbranched alkanes of at least 4 members (excludes halogenated alkanes) is 1. The van der Waals surface area contributed by atoms with Gasteiger partial charge in [0, 0.05) is 45.0 Å². The first-order chi connectivity index (χ1) is 14.6. The van der Waals surface area contributed by atoms with Gasteiger partial charge in [0.2, 0.25) is 0 Å². The molecule has 0 aliphatic carbocycles. The number of nitrogens with one attached hydrogen (secondary N) is 1. The Morgan fingerprint density at radius 3 is 2.50 bits per heavy atom. The summed E-state index contributed by atoms with van der Waals surface area (Å²) < 4.78 is 6.90. The van der Waals surface area contributed by atoms with Crippen molar-refractivity contribution in [1.29, 1.82) is 0 Å². The number of H-pyrrole nitrogens is 1. The standard InChI is InChI=1S/C23H28N4O3/c1-25-22(28)20-10-9-19(17-21(20)24-23(25)29)30-16-6-5-11-26-12-14-27(15-13-26)18-7-3-2-4-8-18/h2-4,7-10,17H,5-6,11-16H2,1H3,(H,24,29). The van der Waals surface area contributed by atoms with E-state index in [0.717, 1.165) is 50.1 Å². The first-order valence-electron chi connectivity index (χ1n) is 10.5. The summed E-state index contributed by atoms with van der Waals surface area (Å²) in [4.78, 5) is 31.5. The van der Waals surface area contributed by atoms with Crippen molar-refractivity contribution in [2.45, 2.75) is 12.8 Å². The number of rotatable bonds is 7. The van der Waals surface area contributed by atoms with Gasteiger partial charge in [0.15, 0.2) is 0 Å². The summed E-state index contributed by atoms with van der Waals surface area (Å²) in [6, 6.07) is 15.8. The number of aromatic nitrogens is 2. The second-order valence-corrected chi connectivity index (χ2v) is 7.72. The highest BCUT2D eigenvalue weighted by atomic mass is 16.5. The van der Waals surface area contributed by atoms with Crippen LogP contribution in [0.1, 0.15) is 12.8 Å². The highest BCUT2D eigenvalue weighted by Crippen LogP contribution is 2.17. The number of hydrogen-bond acceptors (Lipinski definition) is 5. The van der Waals surface area contributed by atoms with E-state index in [4.69, 9.17) is 4.74 Å². The summed E-state index contributed by atoms with van der Waals surface area (Å²) in [5.41, 5.74) is 1.10. The third kappa shape index (κ3) is 4.57. The van der Waals surface area contributed by atoms with E-state index in [1.165, 1.54) is 12.7 Å². The van der Waals surface area contributed by atoms with Crippen molar-refractivity contribution in [1.82, 2.24) is 14.5 Å². The molecule has 0 unspecified atom stereocenters. The Balaban J connectivity index is 1.20. The summed E-state index contributed by atoms with van der Waals surface area (Å²) in [5.74, 6) is 0.669. The maximum atomic E-state index is 12.1. The molecule has 1 aromatic heterocycles. The molecule has 2 heterocycles. The molecule has 2 aromatic carbocycles. The van der Waals surface area contributed by atoms with Crippen LogP contribution in [-0.2, 0) is 7.05 Å². The third-order valence-corrected chi connectivity index (χ3v) is 5.70. The first-order valence-corrected chi connectivity index (χ1v) is 10.5. The van der Waals surface area contributed by atoms with E-state index in [9.17, 15) is 9.59 Å². The van der Waals surface area contributed by atoms with Crippen molar-refractivity contribution >= 4 is 16.6 Å². The normalized spacial score (nSPS) is 14.9. The van der Waals surface area contributed by atoms with Crippen LogP contribution in [0.15, 0.2) is 58.1 Å². The molecule has 4 rings (SSSR count). The molecule has 0 atom stereocenters. The number of benzene rings is 2. The van der Waals surface area contributed by atoms with Crippen LogP contribution < -0.4 is 20.9 Å². The maximum Gasteiger partial charge on any atom is 0.328 e. The van der Waals surface area contributed by atoms with Gasteiger partial charge in [-0.1, -0.05) is 18.2 Å². The molecule has 0 amide bonds. The predicted molar refractivity (Wildman–Crippen MR) is 120 cm³/mol. The number of aromatic amines is 1. The van der Waals surface area contributed by atoms with Gasteiger partial charge in [-0.05, 0) is 43.7 Å². The lowest BCUT2D eigenvalue weighted by Gasteiger charge is -2.36. The molecule has 1 aliphatic heterocycles. The fraction of sp³-hybridized carbons (Fsp3) is 0.391. The van der Waals surface area contributed by atoms with Crippen LogP contribution in [0.5, 0.6) is 5.75 Å². The van der Waals surface area contributed by atoms with Crippen molar-refractivity contribution in [2.75, 3.05) is 44.2 Å². The molecular formula is C23H28N4O3. The fourth-order valence-electron chi connectivity index (χ4n) is 3.87. The number of piperazine rings is 1. The van der Waals surface area contributed by atoms with E-state index in [2.05, 4.69) is 45.1 Å². The highest BCUT2D eigenvalue weighted by molar-refractivity contribution is 5.78. The molecule has 3 aromatic rings. The molecule has 1 saturated heterocycles. The SMILES string of the molecule is Cn1c(=O)[nH]c2cc(OCCCCN3CCN(c4ccccc4)CC3)ccc2c1=O. The molecular weight excluding hydrogens is 380 g/mol. The van der Waals surface area contributed by atoms with Crippen molar-refractivity contribution < 1.29 is 4.74 Å². The number of nitrogens with zero attached hydrogens (tertiary/aromatic N) is 3. The van der Waals surface area contributed by atoms with E-state index >= 15 is 0 Å². The largest absolute Gasteiger partial charge is 0.494 e. The fourth-order valence-corrected chi connectivity index (χ4v) is 3.87. The number of para-hydroxylation sites is 1. The molecule has 1 aliphatic rings. The van der Waals surface area contributed by atoms with Gasteiger partial charge in [0.1, 0.15) is 5.75 Å². The third-order valence-electron chi connectivity index (χ3n) is 5.70. The molecule has 7 nitrogen and oxygen atoms in total. The van der Waals surface area contributed by atoms with Crippen molar-refractivity contribution in [3.8, 4) is 5.75 Å². The molecule has 1 fully saturated rings. The summed E-state index contributed by atoms with van der Waals surface area (Å²) in [6.07, 6.45) is 2.04. The minimum absolute atomic E-state index is 0.298. The van der Waals surface area contributed by atoms with Crippen LogP contribution in [0.3, 0.4) is 0 Å². The van der Waals surface area contributed by atoms with Crippen LogP contribution in [0.2, 0.25) is 0 Å². The van der Waals surface area contributed by atoms with Crippen molar-refractivity contribution in [3.63, 3.8) is 0 Å². The minimum atomic E-state index is -0.419. The van der Waals surface area contributed by atoms with Gasteiger partial charge in [-0.15, -0.1) is 0 Å². The van der Waals surface area contributed by atoms with E-state index < -0.39 is 5.69 Å². The van der Waals surface area contributed by atoms with E-state index in [1.54, 1.807) is 18.2 Å². The van der Waals surface area contributed by atoms with Gasteiger partial charge >= 0.3 is 5.69 Å². The molecule has 0 spiro atoms. The van der Waals surface area contributed by atoms with Gasteiger partial charge < -0.3 is 14.6 Å². The first kappa shape index (κ1) is 20.2. The highest BCUT2D eigenvalue weighted by Gasteiger charge is 2.16. The topological polar surface area (TPSA) is 70.6 Å². The van der Waals surface area contributed by atoms with Gasteiger partial charge in [-0.3, -0.25) is 14.3 Å². The Morgan fingerprint density at radius 2 is 1.73 bits per heavy atom. The van der Waals surface area contributed by atoms with Gasteiger partial charge in [-0.2, -0.15) is 0 Å². The van der Waals surface area contributed by atoms with Crippen molar-refractivity contribution in [2.24, 2.45) is 7.05 Å². The molecule has 0 bridgehead atoms. The second kappa shape index (κ2) is 9.17. The average molecular weight is 409 g/mol. The Labute approximate surface area is 175 Å². The van der Waals surface area contributed by atoms with Crippen LogP contribution >= 0.6 is 0 Å². The number of anilines is 1. The molecule has 158 valence electrons. The lowest BCUT2D eigenvalue weighted by Crippen LogP contribution is -2.46. The maximum absolute atomic E-state index is 12.1. The summed E-state index contributed by atoms with van der Waals surface area (Å²) in [5, 5.41) is 0.485. The quantitative estimate of drug-likeness (QED) is 0.607. The summed E-state index contributed by atoms with van der Waals surface area (Å²) >= 11 is 0. The van der Waals surface area contributed by atoms with Gasteiger partial charge in [-0.25, -0.2) is 4.79 Å². The molecule has 0 saturated carbocycles.